The van der Waals surface area contributed by atoms with Gasteiger partial charge in [0.05, 0.1) is 17.1 Å². The van der Waals surface area contributed by atoms with Gasteiger partial charge in [0.2, 0.25) is 0 Å². The summed E-state index contributed by atoms with van der Waals surface area (Å²) < 4.78 is 6.44. The molecule has 1 fully saturated rings. The molecule has 1 saturated heterocycles. The third kappa shape index (κ3) is 3.07. The summed E-state index contributed by atoms with van der Waals surface area (Å²) in [5, 5.41) is 5.06. The average molecular weight is 341 g/mol. The highest BCUT2D eigenvalue weighted by molar-refractivity contribution is 7.20. The molecular weight excluding hydrogens is 322 g/mol. The van der Waals surface area contributed by atoms with Crippen LogP contribution in [0.5, 0.6) is 0 Å². The van der Waals surface area contributed by atoms with Crippen molar-refractivity contribution in [1.82, 2.24) is 15.0 Å². The number of carbonyl (C=O) groups is 1. The van der Waals surface area contributed by atoms with Crippen molar-refractivity contribution in [2.24, 2.45) is 0 Å². The van der Waals surface area contributed by atoms with E-state index in [4.69, 9.17) is 4.52 Å². The highest BCUT2D eigenvalue weighted by atomic mass is 32.1. The Bertz CT molecular complexity index is 829. The van der Waals surface area contributed by atoms with E-state index in [0.717, 1.165) is 54.4 Å². The summed E-state index contributed by atoms with van der Waals surface area (Å²) in [6, 6.07) is 12.1. The van der Waals surface area contributed by atoms with Crippen LogP contribution in [0, 0.1) is 6.92 Å². The molecule has 0 spiro atoms. The second-order valence-electron chi connectivity index (χ2n) is 6.15. The smallest absolute Gasteiger partial charge is 0.264 e. The lowest BCUT2D eigenvalue weighted by Gasteiger charge is -2.33. The Kier molecular flexibility index (Phi) is 4.08. The predicted molar refractivity (Wildman–Crippen MR) is 94.2 cm³/mol. The van der Waals surface area contributed by atoms with Crippen molar-refractivity contribution in [3.8, 4) is 0 Å². The second-order valence-corrected chi connectivity index (χ2v) is 7.24. The van der Waals surface area contributed by atoms with Gasteiger partial charge in [0.1, 0.15) is 0 Å². The maximum absolute atomic E-state index is 12.7. The molecule has 0 saturated carbocycles. The first-order valence-corrected chi connectivity index (χ1v) is 8.93. The Morgan fingerprint density at radius 1 is 1.21 bits per heavy atom. The monoisotopic (exact) mass is 341 g/mol. The minimum Gasteiger partial charge on any atom is -0.360 e. The van der Waals surface area contributed by atoms with E-state index in [1.165, 1.54) is 4.70 Å². The van der Waals surface area contributed by atoms with E-state index in [1.54, 1.807) is 11.3 Å². The number of nitrogens with zero attached hydrogens (tertiary/aromatic N) is 3. The maximum atomic E-state index is 12.7. The number of aryl methyl sites for hydroxylation is 1. The number of fused-ring (bicyclic) bond motifs is 1. The molecule has 4 rings (SSSR count). The van der Waals surface area contributed by atoms with E-state index >= 15 is 0 Å². The van der Waals surface area contributed by atoms with E-state index in [-0.39, 0.29) is 5.91 Å². The van der Waals surface area contributed by atoms with E-state index in [2.05, 4.69) is 22.2 Å². The highest BCUT2D eigenvalue weighted by Gasteiger charge is 2.24. The quantitative estimate of drug-likeness (QED) is 0.734. The van der Waals surface area contributed by atoms with Crippen LogP contribution in [-0.2, 0) is 6.54 Å². The number of carbonyl (C=O) groups excluding carboxylic acids is 1. The van der Waals surface area contributed by atoms with Crippen molar-refractivity contribution in [3.05, 3.63) is 52.7 Å². The van der Waals surface area contributed by atoms with E-state index in [9.17, 15) is 4.79 Å². The summed E-state index contributed by atoms with van der Waals surface area (Å²) in [5.74, 6) is 1.03. The van der Waals surface area contributed by atoms with Crippen LogP contribution in [0.4, 0.5) is 0 Å². The normalized spacial score (nSPS) is 16.0. The standard InChI is InChI=1S/C18H19N3O2S/c1-13-10-15(23-19-13)12-20-6-8-21(9-7-20)18(22)17-11-14-4-2-3-5-16(14)24-17/h2-5,10-11H,6-9,12H2,1H3. The van der Waals surface area contributed by atoms with Crippen molar-refractivity contribution in [3.63, 3.8) is 0 Å². The van der Waals surface area contributed by atoms with Crippen LogP contribution >= 0.6 is 11.3 Å². The molecule has 1 amide bonds. The zero-order valence-electron chi connectivity index (χ0n) is 13.6. The molecule has 2 aromatic heterocycles. The SMILES string of the molecule is Cc1cc(CN2CCN(C(=O)c3cc4ccccc4s3)CC2)on1. The van der Waals surface area contributed by atoms with Crippen molar-refractivity contribution in [2.45, 2.75) is 13.5 Å². The second kappa shape index (κ2) is 6.37. The minimum absolute atomic E-state index is 0.145. The van der Waals surface area contributed by atoms with Gasteiger partial charge in [0, 0.05) is 36.9 Å². The van der Waals surface area contributed by atoms with Gasteiger partial charge in [-0.05, 0) is 24.4 Å². The van der Waals surface area contributed by atoms with Gasteiger partial charge in [-0.3, -0.25) is 9.69 Å². The van der Waals surface area contributed by atoms with E-state index in [1.807, 2.05) is 36.1 Å². The first-order valence-electron chi connectivity index (χ1n) is 8.11. The molecule has 3 aromatic rings. The molecule has 5 nitrogen and oxygen atoms in total. The summed E-state index contributed by atoms with van der Waals surface area (Å²) in [4.78, 5) is 17.8. The zero-order chi connectivity index (χ0) is 16.5. The number of benzene rings is 1. The first kappa shape index (κ1) is 15.4. The maximum Gasteiger partial charge on any atom is 0.264 e. The van der Waals surface area contributed by atoms with Crippen LogP contribution in [-0.4, -0.2) is 47.0 Å². The molecule has 1 aliphatic rings. The fourth-order valence-corrected chi connectivity index (χ4v) is 4.09. The van der Waals surface area contributed by atoms with Gasteiger partial charge in [-0.25, -0.2) is 0 Å². The molecule has 1 aliphatic heterocycles. The summed E-state index contributed by atoms with van der Waals surface area (Å²) in [5.41, 5.74) is 0.906. The summed E-state index contributed by atoms with van der Waals surface area (Å²) in [7, 11) is 0. The summed E-state index contributed by atoms with van der Waals surface area (Å²) in [6.45, 7) is 5.90. The van der Waals surface area contributed by atoms with E-state index < -0.39 is 0 Å². The Morgan fingerprint density at radius 3 is 2.71 bits per heavy atom. The lowest BCUT2D eigenvalue weighted by molar-refractivity contribution is 0.0622. The Labute approximate surface area is 144 Å². The topological polar surface area (TPSA) is 49.6 Å². The van der Waals surface area contributed by atoms with Crippen molar-refractivity contribution < 1.29 is 9.32 Å². The van der Waals surface area contributed by atoms with Gasteiger partial charge in [0.15, 0.2) is 5.76 Å². The van der Waals surface area contributed by atoms with Crippen LogP contribution < -0.4 is 0 Å². The number of amides is 1. The molecule has 0 atom stereocenters. The average Bonchev–Trinajstić information content (AvgIpc) is 3.21. The molecule has 0 aliphatic carbocycles. The van der Waals surface area contributed by atoms with Gasteiger partial charge < -0.3 is 9.42 Å². The number of piperazine rings is 1. The lowest BCUT2D eigenvalue weighted by atomic mass is 10.2. The zero-order valence-corrected chi connectivity index (χ0v) is 14.4. The summed E-state index contributed by atoms with van der Waals surface area (Å²) in [6.07, 6.45) is 0. The molecule has 3 heterocycles. The van der Waals surface area contributed by atoms with Crippen molar-refractivity contribution in [2.75, 3.05) is 26.2 Å². The van der Waals surface area contributed by atoms with Crippen LogP contribution in [0.25, 0.3) is 10.1 Å². The predicted octanol–water partition coefficient (Wildman–Crippen LogP) is 3.16. The number of hydrogen-bond donors (Lipinski definition) is 0. The largest absolute Gasteiger partial charge is 0.360 e. The Balaban J connectivity index is 1.39. The van der Waals surface area contributed by atoms with Crippen LogP contribution in [0.3, 0.4) is 0 Å². The third-order valence-corrected chi connectivity index (χ3v) is 5.46. The van der Waals surface area contributed by atoms with Gasteiger partial charge in [-0.15, -0.1) is 11.3 Å². The highest BCUT2D eigenvalue weighted by Crippen LogP contribution is 2.26. The number of thiophene rings is 1. The van der Waals surface area contributed by atoms with Gasteiger partial charge in [0.25, 0.3) is 5.91 Å². The van der Waals surface area contributed by atoms with Gasteiger partial charge >= 0.3 is 0 Å². The Hall–Kier alpha value is -2.18. The van der Waals surface area contributed by atoms with Crippen molar-refractivity contribution in [1.29, 1.82) is 0 Å². The van der Waals surface area contributed by atoms with Crippen LogP contribution in [0.2, 0.25) is 0 Å². The molecule has 6 heteroatoms. The van der Waals surface area contributed by atoms with Crippen LogP contribution in [0.15, 0.2) is 40.9 Å². The number of rotatable bonds is 3. The fraction of sp³-hybridized carbons (Fsp3) is 0.333. The van der Waals surface area contributed by atoms with E-state index in [0.29, 0.717) is 0 Å². The van der Waals surface area contributed by atoms with Gasteiger partial charge in [-0.1, -0.05) is 23.4 Å². The molecule has 0 N–H and O–H groups in total. The molecule has 0 bridgehead atoms. The minimum atomic E-state index is 0.145. The Morgan fingerprint density at radius 2 is 2.00 bits per heavy atom. The first-order chi connectivity index (χ1) is 11.7. The molecule has 124 valence electrons. The molecular formula is C18H19N3O2S. The lowest BCUT2D eigenvalue weighted by Crippen LogP contribution is -2.48. The molecule has 0 unspecified atom stereocenters. The summed E-state index contributed by atoms with van der Waals surface area (Å²) >= 11 is 1.58. The molecule has 24 heavy (non-hydrogen) atoms. The van der Waals surface area contributed by atoms with Crippen molar-refractivity contribution >= 4 is 27.3 Å². The number of hydrogen-bond acceptors (Lipinski definition) is 5. The van der Waals surface area contributed by atoms with Gasteiger partial charge in [-0.2, -0.15) is 0 Å². The fourth-order valence-electron chi connectivity index (χ4n) is 3.06. The van der Waals surface area contributed by atoms with Crippen LogP contribution in [0.1, 0.15) is 21.1 Å². The molecule has 1 aromatic carbocycles. The molecule has 0 radical (unpaired) electrons. The third-order valence-electron chi connectivity index (χ3n) is 4.35. The number of aromatic nitrogens is 1.